The molecule has 0 amide bonds. The minimum absolute atomic E-state index is 0.0104. The van der Waals surface area contributed by atoms with E-state index in [0.29, 0.717) is 9.26 Å². The van der Waals surface area contributed by atoms with Gasteiger partial charge >= 0.3 is 0 Å². The van der Waals surface area contributed by atoms with Gasteiger partial charge in [0.1, 0.15) is 11.8 Å². The van der Waals surface area contributed by atoms with Crippen LogP contribution in [-0.2, 0) is 6.42 Å². The van der Waals surface area contributed by atoms with Gasteiger partial charge < -0.3 is 0 Å². The van der Waals surface area contributed by atoms with Crippen molar-refractivity contribution in [2.45, 2.75) is 12.8 Å². The van der Waals surface area contributed by atoms with E-state index in [-0.39, 0.29) is 17.7 Å². The zero-order chi connectivity index (χ0) is 11.4. The summed E-state index contributed by atoms with van der Waals surface area (Å²) < 4.78 is 25.4. The molecule has 1 aromatic rings. The van der Waals surface area contributed by atoms with Crippen LogP contribution in [0.25, 0.3) is 0 Å². The molecule has 0 aromatic carbocycles. The lowest BCUT2D eigenvalue weighted by molar-refractivity contribution is 0.150. The van der Waals surface area contributed by atoms with Crippen molar-refractivity contribution in [3.8, 4) is 12.1 Å². The Labute approximate surface area is 98.5 Å². The van der Waals surface area contributed by atoms with Gasteiger partial charge in [-0.05, 0) is 28.7 Å². The predicted octanol–water partition coefficient (Wildman–Crippen LogP) is 2.56. The smallest absolute Gasteiger partial charge is 0.239 e. The van der Waals surface area contributed by atoms with Gasteiger partial charge in [-0.15, -0.1) is 0 Å². The first-order chi connectivity index (χ1) is 7.10. The number of nitrogens with zero attached hydrogens (tertiary/aromatic N) is 3. The third kappa shape index (κ3) is 2.60. The summed E-state index contributed by atoms with van der Waals surface area (Å²) in [7, 11) is 0. The molecule has 0 unspecified atom stereocenters. The first-order valence-corrected chi connectivity index (χ1v) is 4.92. The highest BCUT2D eigenvalue weighted by molar-refractivity contribution is 14.1. The molecule has 0 saturated heterocycles. The minimum Gasteiger partial charge on any atom is -0.239 e. The van der Waals surface area contributed by atoms with Gasteiger partial charge in [0, 0.05) is 3.57 Å². The molecular formula is C9H4F2IN3. The summed E-state index contributed by atoms with van der Waals surface area (Å²) in [5, 5.41) is 17.1. The van der Waals surface area contributed by atoms with Crippen molar-refractivity contribution in [2.24, 2.45) is 0 Å². The molecular weight excluding hydrogens is 315 g/mol. The van der Waals surface area contributed by atoms with Crippen LogP contribution < -0.4 is 0 Å². The quantitative estimate of drug-likeness (QED) is 0.787. The highest BCUT2D eigenvalue weighted by Gasteiger charge is 2.17. The zero-order valence-corrected chi connectivity index (χ0v) is 9.49. The lowest BCUT2D eigenvalue weighted by Crippen LogP contribution is -2.01. The highest BCUT2D eigenvalue weighted by atomic mass is 127. The van der Waals surface area contributed by atoms with Crippen molar-refractivity contribution in [1.29, 1.82) is 10.5 Å². The fraction of sp³-hybridized carbons (Fsp3) is 0.222. The number of nitriles is 2. The largest absolute Gasteiger partial charge is 0.266 e. The highest BCUT2D eigenvalue weighted by Crippen LogP contribution is 2.24. The fourth-order valence-corrected chi connectivity index (χ4v) is 1.64. The third-order valence-electron chi connectivity index (χ3n) is 1.67. The van der Waals surface area contributed by atoms with Crippen LogP contribution in [-0.4, -0.2) is 4.98 Å². The number of rotatable bonds is 2. The van der Waals surface area contributed by atoms with Crippen LogP contribution in [0, 0.1) is 26.2 Å². The second kappa shape index (κ2) is 4.99. The van der Waals surface area contributed by atoms with Crippen LogP contribution in [0.1, 0.15) is 23.4 Å². The first-order valence-electron chi connectivity index (χ1n) is 3.84. The number of halogens is 3. The van der Waals surface area contributed by atoms with Crippen molar-refractivity contribution >= 4 is 22.6 Å². The summed E-state index contributed by atoms with van der Waals surface area (Å²) in [4.78, 5) is 3.73. The van der Waals surface area contributed by atoms with Crippen LogP contribution in [0.5, 0.6) is 0 Å². The second-order valence-corrected chi connectivity index (χ2v) is 3.76. The molecule has 0 aliphatic heterocycles. The van der Waals surface area contributed by atoms with E-state index in [4.69, 9.17) is 10.5 Å². The van der Waals surface area contributed by atoms with Crippen molar-refractivity contribution in [2.75, 3.05) is 0 Å². The molecule has 6 heteroatoms. The Bertz CT molecular complexity index is 460. The molecule has 1 aromatic heterocycles. The Morgan fingerprint density at radius 3 is 2.60 bits per heavy atom. The van der Waals surface area contributed by atoms with E-state index in [1.165, 1.54) is 6.07 Å². The SMILES string of the molecule is N#CCc1nc(C#N)c(C(F)F)cc1I. The third-order valence-corrected chi connectivity index (χ3v) is 2.60. The first kappa shape index (κ1) is 11.8. The maximum atomic E-state index is 12.5. The maximum absolute atomic E-state index is 12.5. The number of hydrogen-bond acceptors (Lipinski definition) is 3. The molecule has 3 nitrogen and oxygen atoms in total. The van der Waals surface area contributed by atoms with Crippen molar-refractivity contribution in [3.05, 3.63) is 26.6 Å². The number of aromatic nitrogens is 1. The van der Waals surface area contributed by atoms with Crippen molar-refractivity contribution in [1.82, 2.24) is 4.98 Å². The van der Waals surface area contributed by atoms with E-state index in [9.17, 15) is 8.78 Å². The van der Waals surface area contributed by atoms with Crippen LogP contribution in [0.3, 0.4) is 0 Å². The van der Waals surface area contributed by atoms with Gasteiger partial charge in [-0.2, -0.15) is 10.5 Å². The van der Waals surface area contributed by atoms with E-state index in [1.807, 2.05) is 28.7 Å². The molecule has 0 spiro atoms. The molecule has 0 radical (unpaired) electrons. The molecule has 0 atom stereocenters. The van der Waals surface area contributed by atoms with Crippen LogP contribution in [0.4, 0.5) is 8.78 Å². The molecule has 1 rings (SSSR count). The van der Waals surface area contributed by atoms with E-state index in [1.54, 1.807) is 6.07 Å². The second-order valence-electron chi connectivity index (χ2n) is 2.60. The monoisotopic (exact) mass is 319 g/mol. The molecule has 0 aliphatic carbocycles. The Hall–Kier alpha value is -1.28. The lowest BCUT2D eigenvalue weighted by Gasteiger charge is -2.05. The molecule has 76 valence electrons. The van der Waals surface area contributed by atoms with Crippen LogP contribution in [0.2, 0.25) is 0 Å². The number of hydrogen-bond donors (Lipinski definition) is 0. The minimum atomic E-state index is -2.73. The lowest BCUT2D eigenvalue weighted by atomic mass is 10.1. The molecule has 0 bridgehead atoms. The van der Waals surface area contributed by atoms with Gasteiger partial charge in [0.05, 0.1) is 23.7 Å². The summed E-state index contributed by atoms with van der Waals surface area (Å²) in [6.45, 7) is 0. The number of alkyl halides is 2. The van der Waals surface area contributed by atoms with E-state index < -0.39 is 6.43 Å². The zero-order valence-electron chi connectivity index (χ0n) is 7.34. The summed E-state index contributed by atoms with van der Waals surface area (Å²) in [5.41, 5.74) is -0.335. The Balaban J connectivity index is 3.32. The van der Waals surface area contributed by atoms with Gasteiger partial charge in [0.15, 0.2) is 0 Å². The summed E-state index contributed by atoms with van der Waals surface area (Å²) >= 11 is 1.82. The molecule has 0 aliphatic rings. The van der Waals surface area contributed by atoms with E-state index in [2.05, 4.69) is 4.98 Å². The van der Waals surface area contributed by atoms with Crippen molar-refractivity contribution in [3.63, 3.8) is 0 Å². The molecule has 15 heavy (non-hydrogen) atoms. The Morgan fingerprint density at radius 1 is 1.47 bits per heavy atom. The van der Waals surface area contributed by atoms with E-state index in [0.717, 1.165) is 0 Å². The Morgan fingerprint density at radius 2 is 2.13 bits per heavy atom. The molecule has 0 saturated carbocycles. The van der Waals surface area contributed by atoms with E-state index >= 15 is 0 Å². The molecule has 1 heterocycles. The van der Waals surface area contributed by atoms with Crippen LogP contribution in [0.15, 0.2) is 6.07 Å². The van der Waals surface area contributed by atoms with Gasteiger partial charge in [0.2, 0.25) is 0 Å². The Kier molecular flexibility index (Phi) is 3.92. The molecule has 0 N–H and O–H groups in total. The molecule has 0 fully saturated rings. The summed E-state index contributed by atoms with van der Waals surface area (Å²) in [6, 6.07) is 4.66. The number of pyridine rings is 1. The topological polar surface area (TPSA) is 60.5 Å². The maximum Gasteiger partial charge on any atom is 0.266 e. The normalized spacial score (nSPS) is 9.73. The van der Waals surface area contributed by atoms with Gasteiger partial charge in [-0.1, -0.05) is 0 Å². The van der Waals surface area contributed by atoms with Gasteiger partial charge in [-0.3, -0.25) is 0 Å². The fourth-order valence-electron chi connectivity index (χ4n) is 0.996. The summed E-state index contributed by atoms with van der Waals surface area (Å²) in [5.74, 6) is 0. The average Bonchev–Trinajstić information content (AvgIpc) is 2.20. The van der Waals surface area contributed by atoms with Gasteiger partial charge in [0.25, 0.3) is 6.43 Å². The predicted molar refractivity (Wildman–Crippen MR) is 55.9 cm³/mol. The standard InChI is InChI=1S/C9H4F2IN3/c10-9(11)5-3-6(12)7(1-2-13)15-8(5)4-14/h3,9H,1H2. The average molecular weight is 319 g/mol. The van der Waals surface area contributed by atoms with Crippen LogP contribution >= 0.6 is 22.6 Å². The van der Waals surface area contributed by atoms with Gasteiger partial charge in [-0.25, -0.2) is 13.8 Å². The van der Waals surface area contributed by atoms with Crippen molar-refractivity contribution < 1.29 is 8.78 Å². The summed E-state index contributed by atoms with van der Waals surface area (Å²) in [6.07, 6.45) is -2.71.